The predicted molar refractivity (Wildman–Crippen MR) is 134 cm³/mol. The second-order valence-corrected chi connectivity index (χ2v) is 9.26. The van der Waals surface area contributed by atoms with Crippen LogP contribution in [-0.4, -0.2) is 35.3 Å². The molecule has 6 nitrogen and oxygen atoms in total. The molecule has 3 amide bonds. The molecule has 0 aliphatic carbocycles. The van der Waals surface area contributed by atoms with Gasteiger partial charge in [0.2, 0.25) is 0 Å². The molecular weight excluding hydrogens is 464 g/mol. The molecule has 2 aliphatic heterocycles. The van der Waals surface area contributed by atoms with Gasteiger partial charge in [-0.15, -0.1) is 0 Å². The Kier molecular flexibility index (Phi) is 6.07. The standard InChI is InChI=1S/C28H25ClN2O4/c1-3-4-15-35-20-12-9-18(10-13-20)24-25(28(34)30(24)23-14-11-19(29)16-17(23)2)31-26(32)21-7-5-6-8-22(21)27(31)33/h5-14,16,24-25H,3-4,15H2,1-2H3. The zero-order valence-corrected chi connectivity index (χ0v) is 20.3. The Morgan fingerprint density at radius 1 is 0.857 bits per heavy atom. The number of hydrogen-bond acceptors (Lipinski definition) is 4. The number of unbranched alkanes of at least 4 members (excludes halogenated alkanes) is 1. The van der Waals surface area contributed by atoms with E-state index in [4.69, 9.17) is 16.3 Å². The number of rotatable bonds is 7. The van der Waals surface area contributed by atoms with Crippen molar-refractivity contribution >= 4 is 35.0 Å². The third-order valence-corrected chi connectivity index (χ3v) is 6.81. The van der Waals surface area contributed by atoms with Crippen molar-refractivity contribution in [3.63, 3.8) is 0 Å². The summed E-state index contributed by atoms with van der Waals surface area (Å²) in [6.07, 6.45) is 2.00. The molecule has 0 aromatic heterocycles. The van der Waals surface area contributed by atoms with E-state index in [0.717, 1.165) is 34.6 Å². The number of amides is 3. The van der Waals surface area contributed by atoms with Crippen LogP contribution in [0.5, 0.6) is 5.75 Å². The molecule has 2 unspecified atom stereocenters. The molecule has 1 saturated heterocycles. The SMILES string of the molecule is CCCCOc1ccc(C2C(N3C(=O)c4ccccc4C3=O)C(=O)N2c2ccc(Cl)cc2C)cc1. The van der Waals surface area contributed by atoms with Crippen molar-refractivity contribution in [3.05, 3.63) is 94.0 Å². The fourth-order valence-corrected chi connectivity index (χ4v) is 5.00. The largest absolute Gasteiger partial charge is 0.494 e. The Morgan fingerprint density at radius 3 is 2.11 bits per heavy atom. The molecule has 7 heteroatoms. The zero-order chi connectivity index (χ0) is 24.7. The van der Waals surface area contributed by atoms with Crippen molar-refractivity contribution in [2.75, 3.05) is 11.5 Å². The Balaban J connectivity index is 1.53. The number of aryl methyl sites for hydroxylation is 1. The van der Waals surface area contributed by atoms with Gasteiger partial charge in [-0.3, -0.25) is 19.3 Å². The lowest BCUT2D eigenvalue weighted by Crippen LogP contribution is -2.67. The fraction of sp³-hybridized carbons (Fsp3) is 0.250. The molecule has 2 aliphatic rings. The van der Waals surface area contributed by atoms with Crippen molar-refractivity contribution < 1.29 is 19.1 Å². The quantitative estimate of drug-likeness (QED) is 0.247. The third kappa shape index (κ3) is 3.88. The van der Waals surface area contributed by atoms with Gasteiger partial charge in [0.15, 0.2) is 0 Å². The molecular formula is C28H25ClN2O4. The minimum absolute atomic E-state index is 0.307. The van der Waals surface area contributed by atoms with E-state index >= 15 is 0 Å². The van der Waals surface area contributed by atoms with E-state index in [-0.39, 0.29) is 5.91 Å². The molecule has 3 aromatic rings. The van der Waals surface area contributed by atoms with Gasteiger partial charge < -0.3 is 9.64 Å². The number of halogens is 1. The molecule has 2 atom stereocenters. The first-order valence-electron chi connectivity index (χ1n) is 11.7. The van der Waals surface area contributed by atoms with Gasteiger partial charge in [-0.05, 0) is 66.9 Å². The molecule has 0 radical (unpaired) electrons. The van der Waals surface area contributed by atoms with E-state index in [1.165, 1.54) is 0 Å². The molecule has 0 bridgehead atoms. The van der Waals surface area contributed by atoms with Crippen LogP contribution in [-0.2, 0) is 4.79 Å². The smallest absolute Gasteiger partial charge is 0.262 e. The average Bonchev–Trinajstić information content (AvgIpc) is 3.10. The van der Waals surface area contributed by atoms with Crippen LogP contribution < -0.4 is 9.64 Å². The highest BCUT2D eigenvalue weighted by atomic mass is 35.5. The van der Waals surface area contributed by atoms with E-state index in [2.05, 4.69) is 6.92 Å². The third-order valence-electron chi connectivity index (χ3n) is 6.58. The number of imide groups is 1. The summed E-state index contributed by atoms with van der Waals surface area (Å²) in [6.45, 7) is 4.61. The molecule has 35 heavy (non-hydrogen) atoms. The number of hydrogen-bond donors (Lipinski definition) is 0. The van der Waals surface area contributed by atoms with Gasteiger partial charge in [-0.1, -0.05) is 49.2 Å². The topological polar surface area (TPSA) is 66.9 Å². The monoisotopic (exact) mass is 488 g/mol. The summed E-state index contributed by atoms with van der Waals surface area (Å²) < 4.78 is 5.79. The predicted octanol–water partition coefficient (Wildman–Crippen LogP) is 5.58. The van der Waals surface area contributed by atoms with Crippen LogP contribution in [0.25, 0.3) is 0 Å². The van der Waals surface area contributed by atoms with Gasteiger partial charge in [0, 0.05) is 10.7 Å². The van der Waals surface area contributed by atoms with Gasteiger partial charge in [-0.25, -0.2) is 0 Å². The highest BCUT2D eigenvalue weighted by Gasteiger charge is 2.57. The second-order valence-electron chi connectivity index (χ2n) is 8.83. The van der Waals surface area contributed by atoms with Crippen LogP contribution in [0.3, 0.4) is 0 Å². The summed E-state index contributed by atoms with van der Waals surface area (Å²) in [5.41, 5.74) is 2.98. The number of carbonyl (C=O) groups is 3. The van der Waals surface area contributed by atoms with Crippen molar-refractivity contribution in [3.8, 4) is 5.75 Å². The van der Waals surface area contributed by atoms with Crippen LogP contribution >= 0.6 is 11.6 Å². The number of β-lactam (4-membered cyclic amide) rings is 1. The Bertz CT molecular complexity index is 1290. The van der Waals surface area contributed by atoms with Gasteiger partial charge in [-0.2, -0.15) is 0 Å². The van der Waals surface area contributed by atoms with Gasteiger partial charge >= 0.3 is 0 Å². The van der Waals surface area contributed by atoms with Crippen LogP contribution in [0, 0.1) is 6.92 Å². The summed E-state index contributed by atoms with van der Waals surface area (Å²) in [4.78, 5) is 42.8. The molecule has 0 spiro atoms. The summed E-state index contributed by atoms with van der Waals surface area (Å²) in [6, 6.07) is 18.0. The Labute approximate surface area is 209 Å². The lowest BCUT2D eigenvalue weighted by molar-refractivity contribution is -0.130. The highest BCUT2D eigenvalue weighted by Crippen LogP contribution is 2.45. The Hall–Kier alpha value is -3.64. The molecule has 0 N–H and O–H groups in total. The van der Waals surface area contributed by atoms with Gasteiger partial charge in [0.25, 0.3) is 17.7 Å². The maximum Gasteiger partial charge on any atom is 0.262 e. The molecule has 2 heterocycles. The van der Waals surface area contributed by atoms with E-state index < -0.39 is 23.9 Å². The van der Waals surface area contributed by atoms with E-state index in [9.17, 15) is 14.4 Å². The first-order valence-corrected chi connectivity index (χ1v) is 12.1. The summed E-state index contributed by atoms with van der Waals surface area (Å²) in [7, 11) is 0. The van der Waals surface area contributed by atoms with Crippen molar-refractivity contribution in [1.82, 2.24) is 4.90 Å². The van der Waals surface area contributed by atoms with Crippen LogP contribution in [0.2, 0.25) is 5.02 Å². The number of carbonyl (C=O) groups excluding carboxylic acids is 3. The maximum absolute atomic E-state index is 13.6. The molecule has 178 valence electrons. The lowest BCUT2D eigenvalue weighted by Gasteiger charge is -2.50. The van der Waals surface area contributed by atoms with E-state index in [1.54, 1.807) is 47.4 Å². The van der Waals surface area contributed by atoms with Gasteiger partial charge in [0.1, 0.15) is 11.8 Å². The van der Waals surface area contributed by atoms with Crippen LogP contribution in [0.15, 0.2) is 66.7 Å². The van der Waals surface area contributed by atoms with Crippen molar-refractivity contribution in [2.45, 2.75) is 38.8 Å². The first-order chi connectivity index (χ1) is 16.9. The number of nitrogens with zero attached hydrogens (tertiary/aromatic N) is 2. The fourth-order valence-electron chi connectivity index (χ4n) is 4.77. The number of fused-ring (bicyclic) bond motifs is 1. The van der Waals surface area contributed by atoms with Gasteiger partial charge in [0.05, 0.1) is 23.8 Å². The number of anilines is 1. The average molecular weight is 489 g/mol. The zero-order valence-electron chi connectivity index (χ0n) is 19.5. The molecule has 1 fully saturated rings. The summed E-state index contributed by atoms with van der Waals surface area (Å²) in [5, 5.41) is 0.571. The van der Waals surface area contributed by atoms with Crippen LogP contribution in [0.1, 0.15) is 57.7 Å². The van der Waals surface area contributed by atoms with Crippen molar-refractivity contribution in [2.24, 2.45) is 0 Å². The second kappa shape index (κ2) is 9.19. The minimum atomic E-state index is -0.940. The van der Waals surface area contributed by atoms with Crippen molar-refractivity contribution in [1.29, 1.82) is 0 Å². The number of ether oxygens (including phenoxy) is 1. The van der Waals surface area contributed by atoms with E-state index in [0.29, 0.717) is 28.4 Å². The number of benzene rings is 3. The Morgan fingerprint density at radius 2 is 1.51 bits per heavy atom. The molecule has 3 aromatic carbocycles. The molecule has 5 rings (SSSR count). The summed E-state index contributed by atoms with van der Waals surface area (Å²) in [5.74, 6) is -0.459. The minimum Gasteiger partial charge on any atom is -0.494 e. The highest BCUT2D eigenvalue weighted by molar-refractivity contribution is 6.30. The first kappa shape index (κ1) is 23.1. The van der Waals surface area contributed by atoms with E-state index in [1.807, 2.05) is 31.2 Å². The normalized spacial score (nSPS) is 19.1. The van der Waals surface area contributed by atoms with Crippen LogP contribution in [0.4, 0.5) is 5.69 Å². The molecule has 0 saturated carbocycles. The summed E-state index contributed by atoms with van der Waals surface area (Å²) >= 11 is 6.15. The maximum atomic E-state index is 13.6. The lowest BCUT2D eigenvalue weighted by atomic mass is 9.85.